The Balaban J connectivity index is 2.15. The molecule has 6 nitrogen and oxygen atoms in total. The number of phenols is 2. The summed E-state index contributed by atoms with van der Waals surface area (Å²) >= 11 is 0.928. The lowest BCUT2D eigenvalue weighted by molar-refractivity contribution is 0.0702. The maximum absolute atomic E-state index is 11.8. The average Bonchev–Trinajstić information content (AvgIpc) is 2.81. The Hall–Kier alpha value is -2.54. The molecule has 1 amide bonds. The molecule has 2 rings (SSSR count). The first-order valence-corrected chi connectivity index (χ1v) is 5.95. The van der Waals surface area contributed by atoms with Crippen LogP contribution in [0.15, 0.2) is 30.3 Å². The SMILES string of the molecule is O=C(Nc1ccc(C(=O)O)s1)c1ccc(O)c(O)c1. The summed E-state index contributed by atoms with van der Waals surface area (Å²) in [5.74, 6) is -2.28. The molecule has 7 heteroatoms. The zero-order valence-corrected chi connectivity index (χ0v) is 10.3. The Morgan fingerprint density at radius 2 is 1.79 bits per heavy atom. The van der Waals surface area contributed by atoms with Crippen LogP contribution in [0.3, 0.4) is 0 Å². The fourth-order valence-electron chi connectivity index (χ4n) is 1.37. The zero-order valence-electron chi connectivity index (χ0n) is 9.45. The van der Waals surface area contributed by atoms with Gasteiger partial charge in [0.15, 0.2) is 11.5 Å². The smallest absolute Gasteiger partial charge is 0.345 e. The van der Waals surface area contributed by atoms with Crippen LogP contribution in [0.25, 0.3) is 0 Å². The molecule has 0 spiro atoms. The number of nitrogens with one attached hydrogen (secondary N) is 1. The third kappa shape index (κ3) is 2.83. The van der Waals surface area contributed by atoms with Gasteiger partial charge in [-0.1, -0.05) is 0 Å². The van der Waals surface area contributed by atoms with Crippen molar-refractivity contribution in [3.63, 3.8) is 0 Å². The maximum atomic E-state index is 11.8. The Bertz CT molecular complexity index is 649. The molecule has 0 saturated heterocycles. The molecule has 1 aromatic heterocycles. The molecule has 0 saturated carbocycles. The summed E-state index contributed by atoms with van der Waals surface area (Å²) in [6.07, 6.45) is 0. The van der Waals surface area contributed by atoms with Crippen molar-refractivity contribution in [2.45, 2.75) is 0 Å². The van der Waals surface area contributed by atoms with Gasteiger partial charge >= 0.3 is 5.97 Å². The minimum absolute atomic E-state index is 0.115. The molecule has 0 atom stereocenters. The van der Waals surface area contributed by atoms with Crippen LogP contribution in [-0.4, -0.2) is 27.2 Å². The van der Waals surface area contributed by atoms with E-state index in [0.29, 0.717) is 5.00 Å². The van der Waals surface area contributed by atoms with Gasteiger partial charge in [-0.15, -0.1) is 11.3 Å². The van der Waals surface area contributed by atoms with Crippen molar-refractivity contribution < 1.29 is 24.9 Å². The van der Waals surface area contributed by atoms with Gasteiger partial charge in [-0.05, 0) is 30.3 Å². The first kappa shape index (κ1) is 12.9. The molecular formula is C12H9NO5S. The fraction of sp³-hybridized carbons (Fsp3) is 0. The van der Waals surface area contributed by atoms with Crippen LogP contribution >= 0.6 is 11.3 Å². The van der Waals surface area contributed by atoms with Gasteiger partial charge in [0.05, 0.1) is 5.00 Å². The van der Waals surface area contributed by atoms with E-state index in [-0.39, 0.29) is 16.2 Å². The number of carbonyl (C=O) groups is 2. The van der Waals surface area contributed by atoms with Gasteiger partial charge in [0.25, 0.3) is 5.91 Å². The van der Waals surface area contributed by atoms with Gasteiger partial charge in [-0.3, -0.25) is 4.79 Å². The zero-order chi connectivity index (χ0) is 14.0. The molecule has 0 fully saturated rings. The van der Waals surface area contributed by atoms with E-state index in [1.165, 1.54) is 24.3 Å². The predicted molar refractivity (Wildman–Crippen MR) is 69.0 cm³/mol. The van der Waals surface area contributed by atoms with Crippen LogP contribution in [0.4, 0.5) is 5.00 Å². The molecule has 0 aliphatic carbocycles. The molecule has 98 valence electrons. The minimum atomic E-state index is -1.06. The number of thiophene rings is 1. The Morgan fingerprint density at radius 3 is 2.37 bits per heavy atom. The highest BCUT2D eigenvalue weighted by Gasteiger charge is 2.12. The molecular weight excluding hydrogens is 270 g/mol. The summed E-state index contributed by atoms with van der Waals surface area (Å²) in [5, 5.41) is 30.1. The van der Waals surface area contributed by atoms with E-state index in [1.54, 1.807) is 0 Å². The normalized spacial score (nSPS) is 10.1. The summed E-state index contributed by atoms with van der Waals surface area (Å²) in [7, 11) is 0. The van der Waals surface area contributed by atoms with E-state index in [1.807, 2.05) is 0 Å². The van der Waals surface area contributed by atoms with Gasteiger partial charge in [0.2, 0.25) is 0 Å². The van der Waals surface area contributed by atoms with Gasteiger partial charge in [0.1, 0.15) is 4.88 Å². The Labute approximate surface area is 111 Å². The number of aromatic hydroxyl groups is 2. The molecule has 19 heavy (non-hydrogen) atoms. The number of carboxylic acid groups (broad SMARTS) is 1. The average molecular weight is 279 g/mol. The Kier molecular flexibility index (Phi) is 3.39. The molecule has 1 aromatic carbocycles. The number of aromatic carboxylic acids is 1. The Morgan fingerprint density at radius 1 is 1.05 bits per heavy atom. The highest BCUT2D eigenvalue weighted by atomic mass is 32.1. The molecule has 4 N–H and O–H groups in total. The van der Waals surface area contributed by atoms with Gasteiger partial charge < -0.3 is 20.6 Å². The highest BCUT2D eigenvalue weighted by Crippen LogP contribution is 2.26. The number of phenolic OH excluding ortho intramolecular Hbond substituents is 2. The molecule has 1 heterocycles. The molecule has 2 aromatic rings. The van der Waals surface area contributed by atoms with Crippen molar-refractivity contribution in [2.75, 3.05) is 5.32 Å². The number of carboxylic acids is 1. The van der Waals surface area contributed by atoms with E-state index in [9.17, 15) is 14.7 Å². The van der Waals surface area contributed by atoms with E-state index in [0.717, 1.165) is 17.4 Å². The van der Waals surface area contributed by atoms with Crippen LogP contribution in [-0.2, 0) is 0 Å². The second-order valence-corrected chi connectivity index (χ2v) is 4.71. The molecule has 0 radical (unpaired) electrons. The second kappa shape index (κ2) is 4.99. The first-order valence-electron chi connectivity index (χ1n) is 5.14. The predicted octanol–water partition coefficient (Wildman–Crippen LogP) is 2.11. The van der Waals surface area contributed by atoms with E-state index < -0.39 is 17.6 Å². The highest BCUT2D eigenvalue weighted by molar-refractivity contribution is 7.18. The quantitative estimate of drug-likeness (QED) is 0.644. The number of hydrogen-bond acceptors (Lipinski definition) is 5. The van der Waals surface area contributed by atoms with Crippen molar-refractivity contribution in [3.05, 3.63) is 40.8 Å². The van der Waals surface area contributed by atoms with Crippen LogP contribution in [0.1, 0.15) is 20.0 Å². The number of rotatable bonds is 3. The molecule has 0 bridgehead atoms. The van der Waals surface area contributed by atoms with E-state index in [2.05, 4.69) is 5.32 Å². The van der Waals surface area contributed by atoms with Gasteiger partial charge in [-0.25, -0.2) is 4.79 Å². The second-order valence-electron chi connectivity index (χ2n) is 3.63. The summed E-state index contributed by atoms with van der Waals surface area (Å²) < 4.78 is 0. The van der Waals surface area contributed by atoms with Crippen molar-refractivity contribution >= 4 is 28.2 Å². The lowest BCUT2D eigenvalue weighted by Crippen LogP contribution is -2.10. The summed E-state index contributed by atoms with van der Waals surface area (Å²) in [4.78, 5) is 22.6. The summed E-state index contributed by atoms with van der Waals surface area (Å²) in [6, 6.07) is 6.52. The summed E-state index contributed by atoms with van der Waals surface area (Å²) in [5.41, 5.74) is 0.153. The van der Waals surface area contributed by atoms with E-state index in [4.69, 9.17) is 10.2 Å². The third-order valence-electron chi connectivity index (χ3n) is 2.29. The fourth-order valence-corrected chi connectivity index (χ4v) is 2.11. The standard InChI is InChI=1S/C12H9NO5S/c14-7-2-1-6(5-8(7)15)11(16)13-10-4-3-9(19-10)12(17)18/h1-5,14-15H,(H,13,16)(H,17,18). The van der Waals surface area contributed by atoms with Crippen LogP contribution in [0.2, 0.25) is 0 Å². The lowest BCUT2D eigenvalue weighted by Gasteiger charge is -2.03. The topological polar surface area (TPSA) is 107 Å². The van der Waals surface area contributed by atoms with Gasteiger partial charge in [-0.2, -0.15) is 0 Å². The van der Waals surface area contributed by atoms with E-state index >= 15 is 0 Å². The van der Waals surface area contributed by atoms with Crippen LogP contribution in [0, 0.1) is 0 Å². The van der Waals surface area contributed by atoms with Crippen molar-refractivity contribution in [3.8, 4) is 11.5 Å². The van der Waals surface area contributed by atoms with Crippen LogP contribution in [0.5, 0.6) is 11.5 Å². The van der Waals surface area contributed by atoms with Crippen molar-refractivity contribution in [1.29, 1.82) is 0 Å². The maximum Gasteiger partial charge on any atom is 0.345 e. The number of hydrogen-bond donors (Lipinski definition) is 4. The van der Waals surface area contributed by atoms with Crippen molar-refractivity contribution in [2.24, 2.45) is 0 Å². The first-order chi connectivity index (χ1) is 8.97. The van der Waals surface area contributed by atoms with Crippen LogP contribution < -0.4 is 5.32 Å². The molecule has 0 unspecified atom stereocenters. The monoisotopic (exact) mass is 279 g/mol. The molecule has 0 aliphatic heterocycles. The largest absolute Gasteiger partial charge is 0.504 e. The summed E-state index contributed by atoms with van der Waals surface area (Å²) in [6.45, 7) is 0. The number of amides is 1. The number of benzene rings is 1. The third-order valence-corrected chi connectivity index (χ3v) is 3.28. The number of carbonyl (C=O) groups excluding carboxylic acids is 1. The molecule has 0 aliphatic rings. The van der Waals surface area contributed by atoms with Crippen molar-refractivity contribution in [1.82, 2.24) is 0 Å². The number of anilines is 1. The van der Waals surface area contributed by atoms with Gasteiger partial charge in [0, 0.05) is 5.56 Å². The minimum Gasteiger partial charge on any atom is -0.504 e. The lowest BCUT2D eigenvalue weighted by atomic mass is 10.2.